The van der Waals surface area contributed by atoms with E-state index in [4.69, 9.17) is 13.1 Å². The molecule has 194 valence electrons. The van der Waals surface area contributed by atoms with E-state index < -0.39 is 0 Å². The third-order valence-corrected chi connectivity index (χ3v) is 8.13. The van der Waals surface area contributed by atoms with Crippen LogP contribution in [0.2, 0.25) is 0 Å². The number of rotatable bonds is 3. The molecular formula is C38H22N4. The summed E-state index contributed by atoms with van der Waals surface area (Å²) >= 11 is 0. The van der Waals surface area contributed by atoms with Crippen molar-refractivity contribution < 1.29 is 0 Å². The Labute approximate surface area is 242 Å². The van der Waals surface area contributed by atoms with Crippen molar-refractivity contribution in [1.29, 1.82) is 0 Å². The molecule has 0 saturated heterocycles. The maximum atomic E-state index is 7.57. The fraction of sp³-hybridized carbons (Fsp3) is 0. The van der Waals surface area contributed by atoms with Crippen LogP contribution < -0.4 is 0 Å². The van der Waals surface area contributed by atoms with Crippen LogP contribution in [0, 0.1) is 13.1 Å². The maximum Gasteiger partial charge on any atom is 0.189 e. The van der Waals surface area contributed by atoms with Gasteiger partial charge in [-0.25, -0.2) is 9.69 Å². The molecule has 0 aliphatic rings. The molecule has 8 aromatic rings. The molecule has 8 rings (SSSR count). The van der Waals surface area contributed by atoms with Crippen molar-refractivity contribution in [1.82, 2.24) is 9.13 Å². The molecule has 0 radical (unpaired) electrons. The van der Waals surface area contributed by atoms with Crippen molar-refractivity contribution in [2.24, 2.45) is 0 Å². The summed E-state index contributed by atoms with van der Waals surface area (Å²) in [5.74, 6) is 0. The Balaban J connectivity index is 1.42. The Morgan fingerprint density at radius 1 is 0.429 bits per heavy atom. The van der Waals surface area contributed by atoms with Gasteiger partial charge in [-0.2, -0.15) is 0 Å². The zero-order valence-electron chi connectivity index (χ0n) is 22.5. The van der Waals surface area contributed by atoms with E-state index in [-0.39, 0.29) is 0 Å². The van der Waals surface area contributed by atoms with E-state index >= 15 is 0 Å². The van der Waals surface area contributed by atoms with Gasteiger partial charge < -0.3 is 9.13 Å². The van der Waals surface area contributed by atoms with Crippen LogP contribution in [-0.4, -0.2) is 9.13 Å². The molecule has 0 bridgehead atoms. The highest BCUT2D eigenvalue weighted by atomic mass is 15.0. The summed E-state index contributed by atoms with van der Waals surface area (Å²) in [6.45, 7) is 15.1. The first-order chi connectivity index (χ1) is 20.7. The summed E-state index contributed by atoms with van der Waals surface area (Å²) in [6.07, 6.45) is 0. The van der Waals surface area contributed by atoms with Gasteiger partial charge in [0.2, 0.25) is 0 Å². The predicted molar refractivity (Wildman–Crippen MR) is 173 cm³/mol. The summed E-state index contributed by atoms with van der Waals surface area (Å²) < 4.78 is 4.57. The third kappa shape index (κ3) is 3.47. The van der Waals surface area contributed by atoms with Gasteiger partial charge in [-0.3, -0.25) is 0 Å². The van der Waals surface area contributed by atoms with Gasteiger partial charge in [-0.1, -0.05) is 84.9 Å². The molecule has 0 fully saturated rings. The molecule has 0 amide bonds. The second-order valence-electron chi connectivity index (χ2n) is 10.4. The number of nitrogens with zero attached hydrogens (tertiary/aromatic N) is 4. The molecule has 42 heavy (non-hydrogen) atoms. The van der Waals surface area contributed by atoms with Crippen molar-refractivity contribution in [2.45, 2.75) is 0 Å². The van der Waals surface area contributed by atoms with Crippen LogP contribution in [0.3, 0.4) is 0 Å². The molecule has 4 nitrogen and oxygen atoms in total. The first kappa shape index (κ1) is 23.8. The quantitative estimate of drug-likeness (QED) is 0.201. The second kappa shape index (κ2) is 9.24. The maximum absolute atomic E-state index is 7.57. The first-order valence-electron chi connectivity index (χ1n) is 13.8. The standard InChI is InChI=1S/C38H22N4/c1-39-26-10-9-11-28(23-26)41-35-16-7-4-13-30(35)32-20-18-25(22-38(32)41)29-12-3-6-15-34(29)42-36-17-8-5-14-31(36)33-24-27(40-2)19-21-37(33)42/h3-24H. The minimum atomic E-state index is 0.618. The van der Waals surface area contributed by atoms with Gasteiger partial charge >= 0.3 is 0 Å². The van der Waals surface area contributed by atoms with Crippen molar-refractivity contribution in [3.8, 4) is 22.5 Å². The minimum Gasteiger partial charge on any atom is -0.310 e. The summed E-state index contributed by atoms with van der Waals surface area (Å²) in [6, 6.07) is 45.8. The number of aromatic nitrogens is 2. The van der Waals surface area contributed by atoms with Crippen LogP contribution in [0.4, 0.5) is 11.4 Å². The minimum absolute atomic E-state index is 0.618. The number of hydrogen-bond acceptors (Lipinski definition) is 0. The first-order valence-corrected chi connectivity index (χ1v) is 13.8. The van der Waals surface area contributed by atoms with E-state index in [9.17, 15) is 0 Å². The third-order valence-electron chi connectivity index (χ3n) is 8.13. The lowest BCUT2D eigenvalue weighted by molar-refractivity contribution is 1.18. The molecule has 4 heteroatoms. The highest BCUT2D eigenvalue weighted by molar-refractivity contribution is 6.12. The number of benzene rings is 6. The molecule has 0 saturated carbocycles. The van der Waals surface area contributed by atoms with Gasteiger partial charge in [0, 0.05) is 27.4 Å². The zero-order valence-corrected chi connectivity index (χ0v) is 22.5. The average molecular weight is 535 g/mol. The van der Waals surface area contributed by atoms with Gasteiger partial charge in [0.25, 0.3) is 0 Å². The van der Waals surface area contributed by atoms with Gasteiger partial charge in [-0.05, 0) is 59.5 Å². The van der Waals surface area contributed by atoms with Crippen LogP contribution in [-0.2, 0) is 0 Å². The number of hydrogen-bond donors (Lipinski definition) is 0. The van der Waals surface area contributed by atoms with Crippen LogP contribution in [0.1, 0.15) is 0 Å². The lowest BCUT2D eigenvalue weighted by atomic mass is 10.0. The van der Waals surface area contributed by atoms with E-state index in [1.807, 2.05) is 30.3 Å². The van der Waals surface area contributed by atoms with Crippen molar-refractivity contribution >= 4 is 55.0 Å². The summed E-state index contributed by atoms with van der Waals surface area (Å²) in [5.41, 5.74) is 9.90. The van der Waals surface area contributed by atoms with E-state index in [0.717, 1.165) is 55.3 Å². The van der Waals surface area contributed by atoms with E-state index in [1.165, 1.54) is 10.8 Å². The molecule has 0 N–H and O–H groups in total. The molecule has 0 aliphatic carbocycles. The van der Waals surface area contributed by atoms with E-state index in [0.29, 0.717) is 11.4 Å². The fourth-order valence-electron chi connectivity index (χ4n) is 6.32. The molecule has 0 unspecified atom stereocenters. The smallest absolute Gasteiger partial charge is 0.189 e. The zero-order chi connectivity index (χ0) is 28.2. The van der Waals surface area contributed by atoms with Crippen molar-refractivity contribution in [3.05, 3.63) is 156 Å². The molecule has 2 aromatic heterocycles. The largest absolute Gasteiger partial charge is 0.310 e. The summed E-state index contributed by atoms with van der Waals surface area (Å²) in [7, 11) is 0. The van der Waals surface area contributed by atoms with Gasteiger partial charge in [0.15, 0.2) is 11.4 Å². The van der Waals surface area contributed by atoms with Crippen LogP contribution in [0.15, 0.2) is 133 Å². The van der Waals surface area contributed by atoms with Crippen LogP contribution in [0.25, 0.3) is 75.8 Å². The number of fused-ring (bicyclic) bond motifs is 6. The summed E-state index contributed by atoms with van der Waals surface area (Å²) in [4.78, 5) is 7.37. The van der Waals surface area contributed by atoms with Crippen molar-refractivity contribution in [3.63, 3.8) is 0 Å². The second-order valence-corrected chi connectivity index (χ2v) is 10.4. The molecule has 0 spiro atoms. The van der Waals surface area contributed by atoms with Gasteiger partial charge in [0.1, 0.15) is 0 Å². The highest BCUT2D eigenvalue weighted by Gasteiger charge is 2.18. The predicted octanol–water partition coefficient (Wildman–Crippen LogP) is 10.6. The topological polar surface area (TPSA) is 18.6 Å². The van der Waals surface area contributed by atoms with E-state index in [1.54, 1.807) is 0 Å². The monoisotopic (exact) mass is 534 g/mol. The van der Waals surface area contributed by atoms with Crippen LogP contribution in [0.5, 0.6) is 0 Å². The fourth-order valence-corrected chi connectivity index (χ4v) is 6.32. The van der Waals surface area contributed by atoms with Gasteiger partial charge in [-0.15, -0.1) is 0 Å². The molecule has 0 atom stereocenters. The highest BCUT2D eigenvalue weighted by Crippen LogP contribution is 2.40. The van der Waals surface area contributed by atoms with Crippen LogP contribution >= 0.6 is 0 Å². The number of para-hydroxylation sites is 3. The Morgan fingerprint density at radius 2 is 1.07 bits per heavy atom. The molecule has 0 aliphatic heterocycles. The lowest BCUT2D eigenvalue weighted by Gasteiger charge is -2.15. The Kier molecular flexibility index (Phi) is 5.22. The molecule has 2 heterocycles. The Bertz CT molecular complexity index is 2440. The van der Waals surface area contributed by atoms with E-state index in [2.05, 4.69) is 122 Å². The van der Waals surface area contributed by atoms with Gasteiger partial charge in [0.05, 0.1) is 40.9 Å². The normalized spacial score (nSPS) is 11.3. The SMILES string of the molecule is [C-]#[N+]c1cccc(-n2c3ccccc3c3ccc(-c4ccccc4-n4c5ccccc5c5cc([N+]#[C-])ccc54)cc32)c1. The summed E-state index contributed by atoms with van der Waals surface area (Å²) in [5, 5.41) is 4.55. The average Bonchev–Trinajstić information content (AvgIpc) is 3.56. The molecule has 6 aromatic carbocycles. The lowest BCUT2D eigenvalue weighted by Crippen LogP contribution is -1.97. The Hall–Kier alpha value is -6.10. The Morgan fingerprint density at radius 3 is 1.88 bits per heavy atom. The molecular weight excluding hydrogens is 512 g/mol. The van der Waals surface area contributed by atoms with Crippen molar-refractivity contribution in [2.75, 3.05) is 0 Å².